The maximum absolute atomic E-state index is 10.8. The Morgan fingerprint density at radius 1 is 0.857 bits per heavy atom. The SMILES string of the molecule is O[C@H]([C@H]1OC(c2cccc(Cl)c2)OC[C@@H]1O)[C@H]1COC(c2cccc(Cl)c2)O1. The quantitative estimate of drug-likeness (QED) is 0.781. The fourth-order valence-electron chi connectivity index (χ4n) is 3.33. The van der Waals surface area contributed by atoms with Gasteiger partial charge in [0, 0.05) is 21.2 Å². The minimum absolute atomic E-state index is 0.0181. The highest BCUT2D eigenvalue weighted by atomic mass is 35.5. The molecule has 2 heterocycles. The number of halogens is 2. The third kappa shape index (κ3) is 4.35. The highest BCUT2D eigenvalue weighted by Gasteiger charge is 2.43. The molecule has 6 nitrogen and oxygen atoms in total. The van der Waals surface area contributed by atoms with E-state index in [0.717, 1.165) is 5.56 Å². The van der Waals surface area contributed by atoms with E-state index < -0.39 is 37.0 Å². The summed E-state index contributed by atoms with van der Waals surface area (Å²) in [5.41, 5.74) is 1.46. The second-order valence-corrected chi connectivity index (χ2v) is 7.65. The number of hydrogen-bond donors (Lipinski definition) is 2. The molecule has 28 heavy (non-hydrogen) atoms. The Morgan fingerprint density at radius 3 is 2.04 bits per heavy atom. The summed E-state index contributed by atoms with van der Waals surface area (Å²) in [4.78, 5) is 0. The van der Waals surface area contributed by atoms with Gasteiger partial charge in [0.25, 0.3) is 0 Å². The van der Waals surface area contributed by atoms with Crippen LogP contribution < -0.4 is 0 Å². The minimum atomic E-state index is -1.11. The standard InChI is InChI=1S/C20H20Cl2O6/c21-13-5-1-3-11(7-13)19-26-10-16(27-19)17(24)18-15(23)9-25-20(28-18)12-4-2-6-14(22)8-12/h1-8,15-20,23-24H,9-10H2/t15-,16+,17-,18-,19?,20?/m0/s1. The average Bonchev–Trinajstić information content (AvgIpc) is 3.18. The highest BCUT2D eigenvalue weighted by Crippen LogP contribution is 2.34. The minimum Gasteiger partial charge on any atom is -0.388 e. The molecule has 2 aliphatic heterocycles. The molecule has 2 aromatic rings. The molecule has 2 aliphatic rings. The van der Waals surface area contributed by atoms with Crippen molar-refractivity contribution < 1.29 is 29.2 Å². The van der Waals surface area contributed by atoms with Crippen LogP contribution in [0.15, 0.2) is 48.5 Å². The summed E-state index contributed by atoms with van der Waals surface area (Å²) >= 11 is 12.0. The second kappa shape index (κ2) is 8.65. The van der Waals surface area contributed by atoms with Crippen molar-refractivity contribution in [2.75, 3.05) is 13.2 Å². The Hall–Kier alpha value is -1.22. The van der Waals surface area contributed by atoms with Crippen molar-refractivity contribution in [1.29, 1.82) is 0 Å². The summed E-state index contributed by atoms with van der Waals surface area (Å²) in [5.74, 6) is 0. The van der Waals surface area contributed by atoms with Gasteiger partial charge in [0.15, 0.2) is 12.6 Å². The molecule has 4 rings (SSSR count). The van der Waals surface area contributed by atoms with Gasteiger partial charge >= 0.3 is 0 Å². The molecule has 0 aliphatic carbocycles. The first-order valence-electron chi connectivity index (χ1n) is 8.92. The third-order valence-corrected chi connectivity index (χ3v) is 5.22. The van der Waals surface area contributed by atoms with Crippen molar-refractivity contribution in [2.24, 2.45) is 0 Å². The molecule has 0 saturated carbocycles. The second-order valence-electron chi connectivity index (χ2n) is 6.77. The van der Waals surface area contributed by atoms with Crippen molar-refractivity contribution >= 4 is 23.2 Å². The average molecular weight is 427 g/mol. The van der Waals surface area contributed by atoms with E-state index in [2.05, 4.69) is 0 Å². The van der Waals surface area contributed by atoms with Crippen molar-refractivity contribution in [3.05, 3.63) is 69.7 Å². The molecule has 2 N–H and O–H groups in total. The normalized spacial score (nSPS) is 31.6. The van der Waals surface area contributed by atoms with Crippen LogP contribution in [0.2, 0.25) is 10.0 Å². The van der Waals surface area contributed by atoms with Gasteiger partial charge in [0.05, 0.1) is 13.2 Å². The molecule has 0 bridgehead atoms. The topological polar surface area (TPSA) is 77.4 Å². The molecular formula is C20H20Cl2O6. The van der Waals surface area contributed by atoms with Crippen LogP contribution in [0.3, 0.4) is 0 Å². The molecule has 150 valence electrons. The Morgan fingerprint density at radius 2 is 1.43 bits per heavy atom. The smallest absolute Gasteiger partial charge is 0.184 e. The monoisotopic (exact) mass is 426 g/mol. The summed E-state index contributed by atoms with van der Waals surface area (Å²) in [6.45, 7) is 0.178. The molecule has 2 fully saturated rings. The van der Waals surface area contributed by atoms with Crippen LogP contribution in [0, 0.1) is 0 Å². The first-order chi connectivity index (χ1) is 13.5. The summed E-state index contributed by atoms with van der Waals surface area (Å²) in [6.07, 6.45) is -5.05. The van der Waals surface area contributed by atoms with Crippen molar-refractivity contribution in [3.63, 3.8) is 0 Å². The van der Waals surface area contributed by atoms with Gasteiger partial charge in [-0.15, -0.1) is 0 Å². The van der Waals surface area contributed by atoms with E-state index in [0.29, 0.717) is 15.6 Å². The van der Waals surface area contributed by atoms with E-state index in [4.69, 9.17) is 42.1 Å². The molecule has 2 saturated heterocycles. The fraction of sp³-hybridized carbons (Fsp3) is 0.400. The molecule has 2 unspecified atom stereocenters. The van der Waals surface area contributed by atoms with Gasteiger partial charge in [-0.2, -0.15) is 0 Å². The van der Waals surface area contributed by atoms with E-state index in [9.17, 15) is 10.2 Å². The molecular weight excluding hydrogens is 407 g/mol. The molecule has 0 radical (unpaired) electrons. The maximum atomic E-state index is 10.8. The lowest BCUT2D eigenvalue weighted by atomic mass is 10.0. The van der Waals surface area contributed by atoms with Gasteiger partial charge in [0.2, 0.25) is 0 Å². The number of benzene rings is 2. The van der Waals surface area contributed by atoms with Crippen LogP contribution in [0.1, 0.15) is 23.7 Å². The van der Waals surface area contributed by atoms with Crippen LogP contribution >= 0.6 is 23.2 Å². The van der Waals surface area contributed by atoms with E-state index >= 15 is 0 Å². The predicted octanol–water partition coefficient (Wildman–Crippen LogP) is 3.24. The van der Waals surface area contributed by atoms with E-state index in [1.165, 1.54) is 0 Å². The molecule has 0 aromatic heterocycles. The van der Waals surface area contributed by atoms with Crippen molar-refractivity contribution in [1.82, 2.24) is 0 Å². The zero-order valence-electron chi connectivity index (χ0n) is 14.8. The van der Waals surface area contributed by atoms with Crippen LogP contribution in [-0.4, -0.2) is 47.8 Å². The largest absolute Gasteiger partial charge is 0.388 e. The fourth-order valence-corrected chi connectivity index (χ4v) is 3.73. The molecule has 6 atom stereocenters. The lowest BCUT2D eigenvalue weighted by Crippen LogP contribution is -2.52. The Balaban J connectivity index is 1.44. The van der Waals surface area contributed by atoms with Gasteiger partial charge in [-0.05, 0) is 24.3 Å². The summed E-state index contributed by atoms with van der Waals surface area (Å²) in [6, 6.07) is 14.2. The Labute approximate surface area is 172 Å². The molecule has 0 amide bonds. The molecule has 2 aromatic carbocycles. The van der Waals surface area contributed by atoms with E-state index in [1.807, 2.05) is 12.1 Å². The highest BCUT2D eigenvalue weighted by molar-refractivity contribution is 6.30. The third-order valence-electron chi connectivity index (χ3n) is 4.75. The van der Waals surface area contributed by atoms with E-state index in [1.54, 1.807) is 36.4 Å². The number of rotatable bonds is 4. The van der Waals surface area contributed by atoms with Gasteiger partial charge in [-0.25, -0.2) is 0 Å². The van der Waals surface area contributed by atoms with Gasteiger partial charge in [0.1, 0.15) is 24.4 Å². The lowest BCUT2D eigenvalue weighted by Gasteiger charge is -2.37. The number of aliphatic hydroxyl groups is 2. The summed E-state index contributed by atoms with van der Waals surface area (Å²) in [5, 5.41) is 22.2. The number of aliphatic hydroxyl groups excluding tert-OH is 2. The first kappa shape index (κ1) is 20.1. The van der Waals surface area contributed by atoms with Gasteiger partial charge < -0.3 is 29.2 Å². The zero-order valence-corrected chi connectivity index (χ0v) is 16.3. The van der Waals surface area contributed by atoms with Gasteiger partial charge in [-0.1, -0.05) is 47.5 Å². The van der Waals surface area contributed by atoms with Crippen molar-refractivity contribution in [2.45, 2.75) is 37.0 Å². The summed E-state index contributed by atoms with van der Waals surface area (Å²) < 4.78 is 22.9. The molecule has 0 spiro atoms. The van der Waals surface area contributed by atoms with Crippen LogP contribution in [-0.2, 0) is 18.9 Å². The zero-order chi connectivity index (χ0) is 19.7. The Kier molecular flexibility index (Phi) is 6.20. The number of hydrogen-bond acceptors (Lipinski definition) is 6. The maximum Gasteiger partial charge on any atom is 0.184 e. The molecule has 8 heteroatoms. The summed E-state index contributed by atoms with van der Waals surface area (Å²) in [7, 11) is 0. The van der Waals surface area contributed by atoms with Gasteiger partial charge in [-0.3, -0.25) is 0 Å². The lowest BCUT2D eigenvalue weighted by molar-refractivity contribution is -0.283. The van der Waals surface area contributed by atoms with Crippen LogP contribution in [0.4, 0.5) is 0 Å². The van der Waals surface area contributed by atoms with Crippen molar-refractivity contribution in [3.8, 4) is 0 Å². The van der Waals surface area contributed by atoms with Crippen LogP contribution in [0.5, 0.6) is 0 Å². The Bertz CT molecular complexity index is 819. The predicted molar refractivity (Wildman–Crippen MR) is 102 cm³/mol. The first-order valence-corrected chi connectivity index (χ1v) is 9.68. The number of ether oxygens (including phenoxy) is 4. The van der Waals surface area contributed by atoms with Crippen LogP contribution in [0.25, 0.3) is 0 Å². The van der Waals surface area contributed by atoms with E-state index in [-0.39, 0.29) is 13.2 Å².